The van der Waals surface area contributed by atoms with Gasteiger partial charge in [0.25, 0.3) is 10.0 Å². The van der Waals surface area contributed by atoms with Gasteiger partial charge in [-0.05, 0) is 60.9 Å². The van der Waals surface area contributed by atoms with Crippen LogP contribution in [0.25, 0.3) is 10.8 Å². The van der Waals surface area contributed by atoms with Gasteiger partial charge in [-0.2, -0.15) is 0 Å². The predicted molar refractivity (Wildman–Crippen MR) is 115 cm³/mol. The zero-order valence-corrected chi connectivity index (χ0v) is 16.8. The van der Waals surface area contributed by atoms with E-state index in [9.17, 15) is 13.2 Å². The van der Waals surface area contributed by atoms with Crippen molar-refractivity contribution < 1.29 is 13.2 Å². The molecule has 0 atom stereocenters. The van der Waals surface area contributed by atoms with Crippen LogP contribution >= 0.6 is 0 Å². The molecular formula is C23H22N2O3S. The molecule has 6 heteroatoms. The summed E-state index contributed by atoms with van der Waals surface area (Å²) in [6, 6.07) is 18.2. The number of rotatable bonds is 4. The summed E-state index contributed by atoms with van der Waals surface area (Å²) in [5.41, 5.74) is 2.46. The van der Waals surface area contributed by atoms with Gasteiger partial charge in [0.15, 0.2) is 0 Å². The van der Waals surface area contributed by atoms with Gasteiger partial charge in [0.1, 0.15) is 0 Å². The third-order valence-electron chi connectivity index (χ3n) is 5.68. The van der Waals surface area contributed by atoms with E-state index in [1.165, 1.54) is 0 Å². The zero-order chi connectivity index (χ0) is 20.0. The van der Waals surface area contributed by atoms with E-state index in [1.807, 2.05) is 47.4 Å². The number of nitrogens with one attached hydrogen (secondary N) is 1. The topological polar surface area (TPSA) is 66.5 Å². The molecular weight excluding hydrogens is 384 g/mol. The van der Waals surface area contributed by atoms with Crippen molar-refractivity contribution in [2.75, 3.05) is 16.2 Å². The van der Waals surface area contributed by atoms with Crippen LogP contribution in [0.5, 0.6) is 0 Å². The first-order valence-electron chi connectivity index (χ1n) is 9.98. The van der Waals surface area contributed by atoms with Crippen LogP contribution in [0, 0.1) is 5.92 Å². The highest BCUT2D eigenvalue weighted by atomic mass is 32.2. The summed E-state index contributed by atoms with van der Waals surface area (Å²) in [6.45, 7) is 0.739. The van der Waals surface area contributed by atoms with Crippen LogP contribution in [-0.4, -0.2) is 20.9 Å². The minimum atomic E-state index is -3.73. The fraction of sp³-hybridized carbons (Fsp3) is 0.261. The molecule has 0 saturated heterocycles. The number of sulfonamides is 1. The van der Waals surface area contributed by atoms with Crippen molar-refractivity contribution in [1.29, 1.82) is 0 Å². The molecule has 0 spiro atoms. The van der Waals surface area contributed by atoms with E-state index < -0.39 is 10.0 Å². The van der Waals surface area contributed by atoms with Gasteiger partial charge in [-0.1, -0.05) is 36.4 Å². The van der Waals surface area contributed by atoms with E-state index in [-0.39, 0.29) is 16.7 Å². The summed E-state index contributed by atoms with van der Waals surface area (Å²) in [6.07, 6.45) is 3.69. The van der Waals surface area contributed by atoms with Crippen molar-refractivity contribution in [3.05, 3.63) is 66.2 Å². The van der Waals surface area contributed by atoms with Crippen LogP contribution in [0.3, 0.4) is 0 Å². The maximum absolute atomic E-state index is 13.1. The molecule has 3 aromatic rings. The number of anilines is 2. The predicted octanol–water partition coefficient (Wildman–Crippen LogP) is 4.33. The molecule has 0 aromatic heterocycles. The van der Waals surface area contributed by atoms with Gasteiger partial charge in [0, 0.05) is 29.2 Å². The third-order valence-corrected chi connectivity index (χ3v) is 7.12. The number of benzene rings is 3. The van der Waals surface area contributed by atoms with Gasteiger partial charge in [-0.15, -0.1) is 0 Å². The molecule has 2 aliphatic rings. The van der Waals surface area contributed by atoms with Crippen LogP contribution in [0.4, 0.5) is 11.4 Å². The van der Waals surface area contributed by atoms with Crippen LogP contribution < -0.4 is 9.62 Å². The average molecular weight is 407 g/mol. The molecule has 5 rings (SSSR count). The SMILES string of the molecule is O=C(C1CC1)N1CCCc2cc(NS(=O)(=O)c3cccc4ccccc34)ccc21. The Morgan fingerprint density at radius 1 is 1.00 bits per heavy atom. The third kappa shape index (κ3) is 3.38. The lowest BCUT2D eigenvalue weighted by Crippen LogP contribution is -2.36. The number of fused-ring (bicyclic) bond motifs is 2. The van der Waals surface area contributed by atoms with E-state index in [2.05, 4.69) is 4.72 Å². The van der Waals surface area contributed by atoms with Crippen molar-refractivity contribution in [3.63, 3.8) is 0 Å². The monoisotopic (exact) mass is 406 g/mol. The molecule has 1 saturated carbocycles. The van der Waals surface area contributed by atoms with Crippen LogP contribution in [0.2, 0.25) is 0 Å². The number of nitrogens with zero attached hydrogens (tertiary/aromatic N) is 1. The number of aryl methyl sites for hydroxylation is 1. The Morgan fingerprint density at radius 2 is 1.79 bits per heavy atom. The summed E-state index contributed by atoms with van der Waals surface area (Å²) in [5, 5.41) is 1.58. The lowest BCUT2D eigenvalue weighted by Gasteiger charge is -2.30. The van der Waals surface area contributed by atoms with Gasteiger partial charge < -0.3 is 4.90 Å². The first-order valence-corrected chi connectivity index (χ1v) is 11.5. The number of amides is 1. The van der Waals surface area contributed by atoms with E-state index in [1.54, 1.807) is 18.2 Å². The van der Waals surface area contributed by atoms with Crippen molar-refractivity contribution >= 4 is 38.1 Å². The number of carbonyl (C=O) groups excluding carboxylic acids is 1. The Kier molecular flexibility index (Phi) is 4.32. The number of hydrogen-bond acceptors (Lipinski definition) is 3. The molecule has 1 aliphatic heterocycles. The Hall–Kier alpha value is -2.86. The molecule has 0 radical (unpaired) electrons. The summed E-state index contributed by atoms with van der Waals surface area (Å²) in [4.78, 5) is 14.7. The molecule has 29 heavy (non-hydrogen) atoms. The fourth-order valence-electron chi connectivity index (χ4n) is 4.08. The fourth-order valence-corrected chi connectivity index (χ4v) is 5.36. The second kappa shape index (κ2) is 6.88. The zero-order valence-electron chi connectivity index (χ0n) is 16.0. The van der Waals surface area contributed by atoms with Crippen molar-refractivity contribution in [3.8, 4) is 0 Å². The Balaban J connectivity index is 1.47. The maximum Gasteiger partial charge on any atom is 0.262 e. The molecule has 0 bridgehead atoms. The van der Waals surface area contributed by atoms with E-state index in [0.29, 0.717) is 11.1 Å². The molecule has 0 unspecified atom stereocenters. The second-order valence-electron chi connectivity index (χ2n) is 7.79. The minimum absolute atomic E-state index is 0.172. The van der Waals surface area contributed by atoms with Crippen LogP contribution in [-0.2, 0) is 21.2 Å². The molecule has 3 aromatic carbocycles. The number of hydrogen-bond donors (Lipinski definition) is 1. The largest absolute Gasteiger partial charge is 0.312 e. The standard InChI is InChI=1S/C23H22N2O3S/c26-23(17-10-11-17)25-14-4-7-18-15-19(12-13-21(18)25)24-29(27,28)22-9-3-6-16-5-1-2-8-20(16)22/h1-3,5-6,8-9,12-13,15,17,24H,4,7,10-11,14H2. The van der Waals surface area contributed by atoms with Crippen molar-refractivity contribution in [2.45, 2.75) is 30.6 Å². The lowest BCUT2D eigenvalue weighted by atomic mass is 10.0. The van der Waals surface area contributed by atoms with Gasteiger partial charge in [-0.25, -0.2) is 8.42 Å². The molecule has 5 nitrogen and oxygen atoms in total. The number of carbonyl (C=O) groups is 1. The highest BCUT2D eigenvalue weighted by Gasteiger charge is 2.35. The molecule has 1 amide bonds. The van der Waals surface area contributed by atoms with Crippen LogP contribution in [0.1, 0.15) is 24.8 Å². The Labute approximate surface area is 170 Å². The van der Waals surface area contributed by atoms with E-state index in [4.69, 9.17) is 0 Å². The Bertz CT molecular complexity index is 1210. The molecule has 1 heterocycles. The molecule has 148 valence electrons. The molecule has 1 aliphatic carbocycles. The first kappa shape index (κ1) is 18.2. The first-order chi connectivity index (χ1) is 14.0. The van der Waals surface area contributed by atoms with Gasteiger partial charge >= 0.3 is 0 Å². The highest BCUT2D eigenvalue weighted by molar-refractivity contribution is 7.93. The highest BCUT2D eigenvalue weighted by Crippen LogP contribution is 2.37. The summed E-state index contributed by atoms with van der Waals surface area (Å²) < 4.78 is 28.9. The summed E-state index contributed by atoms with van der Waals surface area (Å²) >= 11 is 0. The molecule has 1 fully saturated rings. The summed E-state index contributed by atoms with van der Waals surface area (Å²) in [5.74, 6) is 0.375. The summed E-state index contributed by atoms with van der Waals surface area (Å²) in [7, 11) is -3.73. The van der Waals surface area contributed by atoms with Gasteiger partial charge in [0.05, 0.1) is 4.90 Å². The van der Waals surface area contributed by atoms with Gasteiger partial charge in [0.2, 0.25) is 5.91 Å². The quantitative estimate of drug-likeness (QED) is 0.701. The average Bonchev–Trinajstić information content (AvgIpc) is 3.57. The lowest BCUT2D eigenvalue weighted by molar-refractivity contribution is -0.119. The van der Waals surface area contributed by atoms with Crippen molar-refractivity contribution in [2.24, 2.45) is 5.92 Å². The molecule has 1 N–H and O–H groups in total. The Morgan fingerprint density at radius 3 is 2.62 bits per heavy atom. The second-order valence-corrected chi connectivity index (χ2v) is 9.44. The minimum Gasteiger partial charge on any atom is -0.312 e. The van der Waals surface area contributed by atoms with E-state index in [0.717, 1.165) is 48.9 Å². The normalized spacial score (nSPS) is 16.5. The smallest absolute Gasteiger partial charge is 0.262 e. The van der Waals surface area contributed by atoms with E-state index >= 15 is 0 Å². The van der Waals surface area contributed by atoms with Crippen molar-refractivity contribution in [1.82, 2.24) is 0 Å². The van der Waals surface area contributed by atoms with Gasteiger partial charge in [-0.3, -0.25) is 9.52 Å². The maximum atomic E-state index is 13.1. The van der Waals surface area contributed by atoms with Crippen LogP contribution in [0.15, 0.2) is 65.6 Å².